The summed E-state index contributed by atoms with van der Waals surface area (Å²) in [5.74, 6) is 2.48. The van der Waals surface area contributed by atoms with Crippen LogP contribution in [0.1, 0.15) is 105 Å². The summed E-state index contributed by atoms with van der Waals surface area (Å²) in [6.45, 7) is 2.49. The lowest BCUT2D eigenvalue weighted by Gasteiger charge is -2.31. The van der Waals surface area contributed by atoms with E-state index in [4.69, 9.17) is 19.4 Å². The van der Waals surface area contributed by atoms with Crippen LogP contribution in [0.4, 0.5) is 0 Å². The van der Waals surface area contributed by atoms with E-state index in [2.05, 4.69) is 113 Å². The van der Waals surface area contributed by atoms with Crippen LogP contribution in [0.25, 0.3) is 55.2 Å². The van der Waals surface area contributed by atoms with Crippen molar-refractivity contribution < 1.29 is 19.1 Å². The van der Waals surface area contributed by atoms with Gasteiger partial charge in [-0.25, -0.2) is 9.97 Å². The summed E-state index contributed by atoms with van der Waals surface area (Å²) in [5.41, 5.74) is 7.76. The second-order valence-corrected chi connectivity index (χ2v) is 21.0. The highest BCUT2D eigenvalue weighted by molar-refractivity contribution is 5.89. The minimum atomic E-state index is -0.473. The van der Waals surface area contributed by atoms with Crippen LogP contribution in [-0.4, -0.2) is 112 Å². The summed E-state index contributed by atoms with van der Waals surface area (Å²) in [7, 11) is 7.92. The van der Waals surface area contributed by atoms with Gasteiger partial charge in [0.2, 0.25) is 11.8 Å². The summed E-state index contributed by atoms with van der Waals surface area (Å²) >= 11 is 0. The molecule has 2 aromatic heterocycles. The highest BCUT2D eigenvalue weighted by Crippen LogP contribution is 2.41. The molecule has 2 unspecified atom stereocenters. The third-order valence-corrected chi connectivity index (χ3v) is 15.5. The smallest absolute Gasteiger partial charge is 0.245 e. The zero-order chi connectivity index (χ0) is 50.7. The molecule has 0 saturated carbocycles. The quantitative estimate of drug-likeness (QED) is 0.147. The van der Waals surface area contributed by atoms with Crippen molar-refractivity contribution in [1.82, 2.24) is 39.5 Å². The lowest BCUT2D eigenvalue weighted by molar-refractivity contribution is -0.138. The van der Waals surface area contributed by atoms with Gasteiger partial charge in [-0.2, -0.15) is 0 Å². The molecule has 2 saturated heterocycles. The van der Waals surface area contributed by atoms with E-state index < -0.39 is 12.1 Å². The number of aromatic amines is 2. The standard InChI is InChI=1S/C62H68N8O4/c1-67(2)57(48-27-23-41-16-9-11-18-45(41)34-48)61(71)69-31-15-20-54(69)59-63-38-52(65-59)44-25-21-43(22-26-44)47-29-30-51-53-39-64-60(66-53)55-37-50(73-32-13-7-5-6-8-14-33-74-56(51)36-47)40-70(55)62(72)58(68(3)4)49-28-24-42-17-10-12-19-46(42)35-49/h9-12,16-19,21-30,34-36,38-39,50,54-55,57-58H,5-8,13-15,20,31-33,37,40H2,1-4H3,(H,63,65)(H,64,66)/t50-,54-,55-,57?,58?/m0/s1. The Kier molecular flexibility index (Phi) is 14.4. The van der Waals surface area contributed by atoms with E-state index in [0.29, 0.717) is 32.7 Å². The molecule has 0 radical (unpaired) electrons. The number of nitrogens with one attached hydrogen (secondary N) is 2. The predicted octanol–water partition coefficient (Wildman–Crippen LogP) is 12.1. The van der Waals surface area contributed by atoms with Gasteiger partial charge in [0, 0.05) is 31.7 Å². The van der Waals surface area contributed by atoms with Crippen LogP contribution in [0.2, 0.25) is 0 Å². The Morgan fingerprint density at radius 3 is 1.78 bits per heavy atom. The number of rotatable bonds is 9. The van der Waals surface area contributed by atoms with Crippen molar-refractivity contribution in [2.75, 3.05) is 54.5 Å². The number of carbonyl (C=O) groups excluding carboxylic acids is 2. The predicted molar refractivity (Wildman–Crippen MR) is 293 cm³/mol. The Balaban J connectivity index is 0.831. The minimum absolute atomic E-state index is 0.0384. The van der Waals surface area contributed by atoms with Gasteiger partial charge in [0.15, 0.2) is 0 Å². The molecule has 2 N–H and O–H groups in total. The Labute approximate surface area is 434 Å². The van der Waals surface area contributed by atoms with Crippen molar-refractivity contribution in [3.05, 3.63) is 163 Å². The van der Waals surface area contributed by atoms with Gasteiger partial charge in [-0.1, -0.05) is 129 Å². The molecule has 0 aliphatic carbocycles. The molecule has 380 valence electrons. The average Bonchev–Trinajstić information content (AvgIpc) is 4.27. The third-order valence-electron chi connectivity index (χ3n) is 15.5. The first kappa shape index (κ1) is 49.1. The molecular weight excluding hydrogens is 921 g/mol. The fraction of sp³-hybridized carbons (Fsp3) is 0.355. The number of benzene rings is 6. The van der Waals surface area contributed by atoms with Gasteiger partial charge in [-0.15, -0.1) is 0 Å². The van der Waals surface area contributed by atoms with Crippen LogP contribution in [0.3, 0.4) is 0 Å². The number of nitrogens with zero attached hydrogens (tertiary/aromatic N) is 6. The van der Waals surface area contributed by atoms with Crippen molar-refractivity contribution in [2.24, 2.45) is 0 Å². The summed E-state index contributed by atoms with van der Waals surface area (Å²) in [6.07, 6.45) is 12.6. The van der Waals surface area contributed by atoms with E-state index in [0.717, 1.165) is 135 Å². The van der Waals surface area contributed by atoms with Crippen LogP contribution < -0.4 is 4.74 Å². The molecule has 5 atom stereocenters. The molecule has 5 heterocycles. The zero-order valence-electron chi connectivity index (χ0n) is 43.2. The van der Waals surface area contributed by atoms with E-state index >= 15 is 0 Å². The van der Waals surface area contributed by atoms with Crippen LogP contribution >= 0.6 is 0 Å². The van der Waals surface area contributed by atoms with E-state index in [9.17, 15) is 9.59 Å². The zero-order valence-corrected chi connectivity index (χ0v) is 43.2. The maximum Gasteiger partial charge on any atom is 0.245 e. The molecule has 12 nitrogen and oxygen atoms in total. The molecule has 11 rings (SSSR count). The lowest BCUT2D eigenvalue weighted by atomic mass is 9.99. The van der Waals surface area contributed by atoms with Gasteiger partial charge in [0.1, 0.15) is 29.5 Å². The van der Waals surface area contributed by atoms with E-state index in [-0.39, 0.29) is 30.0 Å². The highest BCUT2D eigenvalue weighted by Gasteiger charge is 2.42. The molecular formula is C62H68N8O4. The number of amides is 2. The molecule has 8 aromatic rings. The monoisotopic (exact) mass is 989 g/mol. The number of fused-ring (bicyclic) bond motifs is 9. The van der Waals surface area contributed by atoms with Crippen molar-refractivity contribution in [2.45, 2.75) is 88.1 Å². The second-order valence-electron chi connectivity index (χ2n) is 21.0. The van der Waals surface area contributed by atoms with Crippen LogP contribution in [0.5, 0.6) is 5.75 Å². The number of likely N-dealkylation sites (N-methyl/N-ethyl adjacent to an activating group) is 2. The molecule has 2 amide bonds. The SMILES string of the molecule is CN(C)C(C(=O)N1CCC[C@H]1c1ncc(-c2ccc(-c3ccc4c(c3)OCCCCCCCCO[C@H]3C[C@@H](c5ncc-4[nH]5)N(C(=O)C(c4ccc5ccccc5c4)N(C)C)C3)cc2)[nH]1)c1ccc2ccccc2c1. The first-order valence-electron chi connectivity index (χ1n) is 26.7. The Morgan fingerprint density at radius 1 is 0.568 bits per heavy atom. The molecule has 2 fully saturated rings. The van der Waals surface area contributed by atoms with Gasteiger partial charge in [0.05, 0.1) is 48.6 Å². The molecule has 12 heteroatoms. The van der Waals surface area contributed by atoms with Crippen molar-refractivity contribution in [3.8, 4) is 39.4 Å². The van der Waals surface area contributed by atoms with E-state index in [1.807, 2.05) is 84.4 Å². The van der Waals surface area contributed by atoms with E-state index in [1.54, 1.807) is 0 Å². The van der Waals surface area contributed by atoms with Crippen LogP contribution in [0, 0.1) is 0 Å². The normalized spacial score (nSPS) is 19.6. The number of aromatic nitrogens is 4. The summed E-state index contributed by atoms with van der Waals surface area (Å²) < 4.78 is 13.2. The number of likely N-dealkylation sites (tertiary alicyclic amines) is 2. The van der Waals surface area contributed by atoms with E-state index in [1.165, 1.54) is 0 Å². The Hall–Kier alpha value is -7.12. The molecule has 0 spiro atoms. The van der Waals surface area contributed by atoms with Crippen molar-refractivity contribution in [1.29, 1.82) is 0 Å². The number of carbonyl (C=O) groups is 2. The lowest BCUT2D eigenvalue weighted by Crippen LogP contribution is -2.41. The average molecular weight is 989 g/mol. The molecule has 4 bridgehead atoms. The molecule has 3 aliphatic heterocycles. The van der Waals surface area contributed by atoms with Gasteiger partial charge in [-0.3, -0.25) is 19.4 Å². The first-order valence-corrected chi connectivity index (χ1v) is 26.7. The number of hydrogen-bond acceptors (Lipinski definition) is 8. The minimum Gasteiger partial charge on any atom is -0.493 e. The van der Waals surface area contributed by atoms with Crippen LogP contribution in [0.15, 0.2) is 140 Å². The number of ether oxygens (including phenoxy) is 2. The fourth-order valence-corrected chi connectivity index (χ4v) is 11.7. The number of H-pyrrole nitrogens is 2. The van der Waals surface area contributed by atoms with Gasteiger partial charge < -0.3 is 29.2 Å². The van der Waals surface area contributed by atoms with Gasteiger partial charge in [-0.05, 0) is 128 Å². The highest BCUT2D eigenvalue weighted by atomic mass is 16.5. The summed E-state index contributed by atoms with van der Waals surface area (Å²) in [4.78, 5) is 54.5. The molecule has 3 aliphatic rings. The largest absolute Gasteiger partial charge is 0.493 e. The van der Waals surface area contributed by atoms with Crippen molar-refractivity contribution in [3.63, 3.8) is 0 Å². The summed E-state index contributed by atoms with van der Waals surface area (Å²) in [5, 5.41) is 4.55. The van der Waals surface area contributed by atoms with Gasteiger partial charge in [0.25, 0.3) is 0 Å². The topological polar surface area (TPSA) is 123 Å². The summed E-state index contributed by atoms with van der Waals surface area (Å²) in [6, 6.07) is 42.9. The Morgan fingerprint density at radius 2 is 1.12 bits per heavy atom. The molecule has 74 heavy (non-hydrogen) atoms. The number of hydrogen-bond donors (Lipinski definition) is 2. The Bertz CT molecular complexity index is 3250. The molecule has 6 aromatic carbocycles. The van der Waals surface area contributed by atoms with Crippen LogP contribution in [-0.2, 0) is 14.3 Å². The number of imidazole rings is 2. The second kappa shape index (κ2) is 21.8. The first-order chi connectivity index (χ1) is 36.2. The van der Waals surface area contributed by atoms with Crippen molar-refractivity contribution >= 4 is 33.4 Å². The van der Waals surface area contributed by atoms with Gasteiger partial charge >= 0.3 is 0 Å². The third kappa shape index (κ3) is 10.2. The maximum absolute atomic E-state index is 14.9. The fourth-order valence-electron chi connectivity index (χ4n) is 11.7. The maximum atomic E-state index is 14.9.